The van der Waals surface area contributed by atoms with E-state index in [1.54, 1.807) is 6.33 Å². The molecule has 1 N–H and O–H groups in total. The van der Waals surface area contributed by atoms with Crippen molar-refractivity contribution in [2.75, 3.05) is 0 Å². The zero-order chi connectivity index (χ0) is 13.9. The number of hydrogen-bond acceptors (Lipinski definition) is 2. The lowest BCUT2D eigenvalue weighted by Gasteiger charge is -2.06. The van der Waals surface area contributed by atoms with Crippen LogP contribution in [0.3, 0.4) is 0 Å². The molecule has 0 aromatic carbocycles. The molecule has 3 heterocycles. The molecule has 0 saturated carbocycles. The molecule has 1 aliphatic heterocycles. The molecule has 20 heavy (non-hydrogen) atoms. The lowest BCUT2D eigenvalue weighted by molar-refractivity contribution is -0.492. The Balaban J connectivity index is 1.93. The fourth-order valence-corrected chi connectivity index (χ4v) is 2.72. The van der Waals surface area contributed by atoms with Crippen molar-refractivity contribution in [1.82, 2.24) is 15.0 Å². The van der Waals surface area contributed by atoms with Gasteiger partial charge >= 0.3 is 0 Å². The highest BCUT2D eigenvalue weighted by Crippen LogP contribution is 2.26. The number of aromatic nitrogens is 3. The molecule has 0 radical (unpaired) electrons. The standard InChI is InChI=1S/C16H19N4/c1-3-5-13(4-2)20-9-7-12(10-20)15-14-6-8-17-16(14)19-11-18-15/h3,6,8-11,13H,1,4-5,7H2,2H3,(H,17,18,19)/q+1. The van der Waals surface area contributed by atoms with E-state index in [4.69, 9.17) is 0 Å². The fraction of sp³-hybridized carbons (Fsp3) is 0.312. The van der Waals surface area contributed by atoms with E-state index in [0.29, 0.717) is 6.04 Å². The third-order valence-electron chi connectivity index (χ3n) is 3.82. The van der Waals surface area contributed by atoms with Crippen LogP contribution >= 0.6 is 0 Å². The van der Waals surface area contributed by atoms with E-state index in [9.17, 15) is 0 Å². The molecule has 3 rings (SSSR count). The molecule has 0 fully saturated rings. The van der Waals surface area contributed by atoms with E-state index in [1.807, 2.05) is 18.3 Å². The van der Waals surface area contributed by atoms with Crippen LogP contribution in [-0.2, 0) is 0 Å². The molecule has 4 nitrogen and oxygen atoms in total. The highest BCUT2D eigenvalue weighted by Gasteiger charge is 2.23. The Morgan fingerprint density at radius 1 is 1.50 bits per heavy atom. The Labute approximate surface area is 118 Å². The maximum Gasteiger partial charge on any atom is 0.174 e. The first kappa shape index (κ1) is 12.8. The van der Waals surface area contributed by atoms with Crippen molar-refractivity contribution in [1.29, 1.82) is 0 Å². The van der Waals surface area contributed by atoms with Gasteiger partial charge in [0, 0.05) is 24.4 Å². The first-order valence-electron chi connectivity index (χ1n) is 7.04. The molecule has 0 aliphatic carbocycles. The molecular formula is C16H19N4+. The molecule has 102 valence electrons. The number of rotatable bonds is 5. The number of nitrogens with zero attached hydrogens (tertiary/aromatic N) is 3. The van der Waals surface area contributed by atoms with Crippen molar-refractivity contribution in [2.45, 2.75) is 32.2 Å². The van der Waals surface area contributed by atoms with Crippen LogP contribution in [-0.4, -0.2) is 31.8 Å². The summed E-state index contributed by atoms with van der Waals surface area (Å²) in [6.07, 6.45) is 13.0. The molecule has 2 aromatic rings. The summed E-state index contributed by atoms with van der Waals surface area (Å²) in [6, 6.07) is 2.53. The van der Waals surface area contributed by atoms with Crippen LogP contribution in [0.15, 0.2) is 37.4 Å². The van der Waals surface area contributed by atoms with Gasteiger partial charge < -0.3 is 4.98 Å². The normalized spacial score (nSPS) is 16.1. The molecule has 0 bridgehead atoms. The van der Waals surface area contributed by atoms with Crippen molar-refractivity contribution >= 4 is 22.8 Å². The lowest BCUT2D eigenvalue weighted by Crippen LogP contribution is -2.19. The predicted octanol–water partition coefficient (Wildman–Crippen LogP) is 3.14. The average Bonchev–Trinajstić information content (AvgIpc) is 3.12. The summed E-state index contributed by atoms with van der Waals surface area (Å²) < 4.78 is 2.30. The Kier molecular flexibility index (Phi) is 3.46. The molecule has 1 atom stereocenters. The Bertz CT molecular complexity index is 693. The van der Waals surface area contributed by atoms with E-state index >= 15 is 0 Å². The molecular weight excluding hydrogens is 248 g/mol. The van der Waals surface area contributed by atoms with Crippen LogP contribution in [0.2, 0.25) is 0 Å². The van der Waals surface area contributed by atoms with Crippen molar-refractivity contribution < 1.29 is 4.58 Å². The highest BCUT2D eigenvalue weighted by molar-refractivity contribution is 5.91. The SMILES string of the molecule is C=CCC(CC)[N+]1=CCC(c2ncnc3[nH]ccc23)=C1. The summed E-state index contributed by atoms with van der Waals surface area (Å²) in [5, 5.41) is 1.09. The van der Waals surface area contributed by atoms with Crippen LogP contribution in [0.1, 0.15) is 31.9 Å². The second kappa shape index (κ2) is 5.41. The van der Waals surface area contributed by atoms with E-state index in [-0.39, 0.29) is 0 Å². The van der Waals surface area contributed by atoms with Gasteiger partial charge in [-0.05, 0) is 6.07 Å². The molecule has 1 unspecified atom stereocenters. The van der Waals surface area contributed by atoms with Gasteiger partial charge in [0.25, 0.3) is 0 Å². The van der Waals surface area contributed by atoms with Crippen molar-refractivity contribution in [3.05, 3.63) is 43.1 Å². The lowest BCUT2D eigenvalue weighted by atomic mass is 10.1. The molecule has 0 amide bonds. The number of allylic oxidation sites excluding steroid dienone is 1. The quantitative estimate of drug-likeness (QED) is 0.668. The van der Waals surface area contributed by atoms with Crippen LogP contribution in [0.5, 0.6) is 0 Å². The smallest absolute Gasteiger partial charge is 0.174 e. The van der Waals surface area contributed by atoms with Gasteiger partial charge in [0.05, 0.1) is 17.7 Å². The number of aromatic amines is 1. The molecule has 2 aromatic heterocycles. The molecule has 0 saturated heterocycles. The van der Waals surface area contributed by atoms with E-state index in [2.05, 4.69) is 45.4 Å². The van der Waals surface area contributed by atoms with Gasteiger partial charge in [-0.25, -0.2) is 14.5 Å². The number of nitrogens with one attached hydrogen (secondary N) is 1. The van der Waals surface area contributed by atoms with Gasteiger partial charge in [-0.2, -0.15) is 0 Å². The first-order chi connectivity index (χ1) is 9.83. The second-order valence-corrected chi connectivity index (χ2v) is 5.04. The predicted molar refractivity (Wildman–Crippen MR) is 81.7 cm³/mol. The Hall–Kier alpha value is -2.23. The van der Waals surface area contributed by atoms with Gasteiger partial charge in [-0.3, -0.25) is 0 Å². The van der Waals surface area contributed by atoms with Gasteiger partial charge in [-0.1, -0.05) is 13.0 Å². The van der Waals surface area contributed by atoms with Gasteiger partial charge in [0.15, 0.2) is 12.2 Å². The largest absolute Gasteiger partial charge is 0.346 e. The number of fused-ring (bicyclic) bond motifs is 1. The van der Waals surface area contributed by atoms with Gasteiger partial charge in [0.1, 0.15) is 18.2 Å². The maximum absolute atomic E-state index is 4.46. The van der Waals surface area contributed by atoms with Crippen LogP contribution in [0, 0.1) is 0 Å². The number of hydrogen-bond donors (Lipinski definition) is 1. The third kappa shape index (κ3) is 2.18. The minimum absolute atomic E-state index is 0.494. The first-order valence-corrected chi connectivity index (χ1v) is 7.04. The third-order valence-corrected chi connectivity index (χ3v) is 3.82. The highest BCUT2D eigenvalue weighted by atomic mass is 15.0. The van der Waals surface area contributed by atoms with Crippen LogP contribution in [0.4, 0.5) is 0 Å². The van der Waals surface area contributed by atoms with Gasteiger partial charge in [-0.15, -0.1) is 6.58 Å². The van der Waals surface area contributed by atoms with Crippen molar-refractivity contribution in [3.63, 3.8) is 0 Å². The number of H-pyrrole nitrogens is 1. The molecule has 4 heteroatoms. The summed E-state index contributed by atoms with van der Waals surface area (Å²) in [5.41, 5.74) is 3.18. The summed E-state index contributed by atoms with van der Waals surface area (Å²) in [5.74, 6) is 0. The summed E-state index contributed by atoms with van der Waals surface area (Å²) in [4.78, 5) is 11.8. The summed E-state index contributed by atoms with van der Waals surface area (Å²) in [6.45, 7) is 6.06. The van der Waals surface area contributed by atoms with Crippen LogP contribution in [0.25, 0.3) is 16.6 Å². The Morgan fingerprint density at radius 3 is 3.20 bits per heavy atom. The Morgan fingerprint density at radius 2 is 2.40 bits per heavy atom. The van der Waals surface area contributed by atoms with Gasteiger partial charge in [0.2, 0.25) is 0 Å². The van der Waals surface area contributed by atoms with Crippen LogP contribution < -0.4 is 0 Å². The average molecular weight is 267 g/mol. The van der Waals surface area contributed by atoms with E-state index < -0.39 is 0 Å². The summed E-state index contributed by atoms with van der Waals surface area (Å²) in [7, 11) is 0. The topological polar surface area (TPSA) is 44.6 Å². The molecule has 0 spiro atoms. The zero-order valence-electron chi connectivity index (χ0n) is 11.7. The maximum atomic E-state index is 4.46. The fourth-order valence-electron chi connectivity index (χ4n) is 2.72. The second-order valence-electron chi connectivity index (χ2n) is 5.04. The minimum atomic E-state index is 0.494. The van der Waals surface area contributed by atoms with Crippen molar-refractivity contribution in [2.24, 2.45) is 0 Å². The van der Waals surface area contributed by atoms with E-state index in [1.165, 1.54) is 5.57 Å². The monoisotopic (exact) mass is 267 g/mol. The minimum Gasteiger partial charge on any atom is -0.346 e. The molecule has 1 aliphatic rings. The van der Waals surface area contributed by atoms with E-state index in [0.717, 1.165) is 36.0 Å². The van der Waals surface area contributed by atoms with Crippen molar-refractivity contribution in [3.8, 4) is 0 Å². The zero-order valence-corrected chi connectivity index (χ0v) is 11.7. The summed E-state index contributed by atoms with van der Waals surface area (Å²) >= 11 is 0.